The number of rotatable bonds is 7. The molecule has 156 valence electrons. The van der Waals surface area contributed by atoms with E-state index in [4.69, 9.17) is 21.1 Å². The first-order valence-corrected chi connectivity index (χ1v) is 10.5. The zero-order chi connectivity index (χ0) is 20.9. The number of fused-ring (bicyclic) bond motifs is 1. The van der Waals surface area contributed by atoms with Crippen molar-refractivity contribution in [1.29, 1.82) is 0 Å². The fourth-order valence-electron chi connectivity index (χ4n) is 3.09. The molecule has 1 aliphatic heterocycles. The van der Waals surface area contributed by atoms with Gasteiger partial charge in [0, 0.05) is 17.1 Å². The van der Waals surface area contributed by atoms with Crippen LogP contribution in [0.4, 0.5) is 4.39 Å². The quantitative estimate of drug-likeness (QED) is 0.558. The molecular formula is C20H18ClFN4O3S. The number of nitrogens with one attached hydrogen (secondary N) is 1. The number of benzene rings is 2. The Morgan fingerprint density at radius 3 is 3.10 bits per heavy atom. The molecule has 0 aliphatic carbocycles. The Balaban J connectivity index is 1.31. The van der Waals surface area contributed by atoms with Crippen LogP contribution in [0.25, 0.3) is 5.69 Å². The molecule has 0 spiro atoms. The topological polar surface area (TPSA) is 78.3 Å². The second-order valence-corrected chi connectivity index (χ2v) is 7.89. The largest absolute Gasteiger partial charge is 0.467 e. The second-order valence-electron chi connectivity index (χ2n) is 6.52. The zero-order valence-electron chi connectivity index (χ0n) is 15.8. The summed E-state index contributed by atoms with van der Waals surface area (Å²) in [6, 6.07) is 10.1. The predicted octanol–water partition coefficient (Wildman–Crippen LogP) is 3.38. The third-order valence-electron chi connectivity index (χ3n) is 4.40. The molecule has 1 aromatic heterocycles. The number of hydrogen-bond acceptors (Lipinski definition) is 6. The summed E-state index contributed by atoms with van der Waals surface area (Å²) in [6.45, 7) is 0.818. The lowest BCUT2D eigenvalue weighted by Gasteiger charge is -2.21. The molecule has 0 saturated carbocycles. The zero-order valence-corrected chi connectivity index (χ0v) is 17.4. The molecule has 0 radical (unpaired) electrons. The van der Waals surface area contributed by atoms with Gasteiger partial charge in [0.15, 0.2) is 11.9 Å². The monoisotopic (exact) mass is 448 g/mol. The van der Waals surface area contributed by atoms with Gasteiger partial charge in [0.05, 0.1) is 18.0 Å². The molecule has 0 bridgehead atoms. The summed E-state index contributed by atoms with van der Waals surface area (Å²) in [7, 11) is 0. The summed E-state index contributed by atoms with van der Waals surface area (Å²) in [5, 5.41) is 12.0. The van der Waals surface area contributed by atoms with Gasteiger partial charge in [-0.15, -0.1) is 10.2 Å². The highest BCUT2D eigenvalue weighted by atomic mass is 35.5. The van der Waals surface area contributed by atoms with E-state index in [1.54, 1.807) is 23.0 Å². The molecule has 1 N–H and O–H groups in total. The molecule has 0 atom stereocenters. The minimum Gasteiger partial charge on any atom is -0.467 e. The van der Waals surface area contributed by atoms with Crippen molar-refractivity contribution in [2.45, 2.75) is 18.2 Å². The van der Waals surface area contributed by atoms with E-state index in [0.29, 0.717) is 46.6 Å². The van der Waals surface area contributed by atoms with Gasteiger partial charge >= 0.3 is 0 Å². The number of carbonyl (C=O) groups excluding carboxylic acids is 1. The lowest BCUT2D eigenvalue weighted by atomic mass is 10.1. The Labute approximate surface area is 181 Å². The first-order valence-electron chi connectivity index (χ1n) is 9.17. The molecule has 1 aliphatic rings. The van der Waals surface area contributed by atoms with Gasteiger partial charge in [-0.25, -0.2) is 4.39 Å². The number of carbonyl (C=O) groups is 1. The van der Waals surface area contributed by atoms with Crippen molar-refractivity contribution in [3.63, 3.8) is 0 Å². The highest BCUT2D eigenvalue weighted by Crippen LogP contribution is 2.29. The van der Waals surface area contributed by atoms with Gasteiger partial charge in [0.25, 0.3) is 0 Å². The molecule has 4 rings (SSSR count). The Morgan fingerprint density at radius 2 is 2.23 bits per heavy atom. The van der Waals surface area contributed by atoms with E-state index in [1.165, 1.54) is 23.9 Å². The molecular weight excluding hydrogens is 431 g/mol. The van der Waals surface area contributed by atoms with Crippen molar-refractivity contribution < 1.29 is 18.7 Å². The van der Waals surface area contributed by atoms with Crippen molar-refractivity contribution in [2.75, 3.05) is 19.1 Å². The Morgan fingerprint density at radius 1 is 1.33 bits per heavy atom. The van der Waals surface area contributed by atoms with Crippen LogP contribution in [-0.2, 0) is 22.6 Å². The molecule has 0 fully saturated rings. The Bertz CT molecular complexity index is 1060. The average molecular weight is 449 g/mol. The van der Waals surface area contributed by atoms with Crippen LogP contribution in [0.5, 0.6) is 5.75 Å². The number of halogens is 2. The standard InChI is InChI=1S/C20H18ClFN4O3S/c21-15-2-1-3-17(8-15)26-11-24-25-20(26)30-10-18(27)23-5-4-13-6-16(22)7-14-9-28-12-29-19(13)14/h1-3,6-8,11H,4-5,9-10,12H2,(H,23,27). The van der Waals surface area contributed by atoms with E-state index in [-0.39, 0.29) is 24.3 Å². The summed E-state index contributed by atoms with van der Waals surface area (Å²) >= 11 is 7.31. The van der Waals surface area contributed by atoms with E-state index in [2.05, 4.69) is 15.5 Å². The molecule has 2 heterocycles. The van der Waals surface area contributed by atoms with Gasteiger partial charge in [-0.2, -0.15) is 0 Å². The SMILES string of the molecule is O=C(CSc1nncn1-c1cccc(Cl)c1)NCCc1cc(F)cc2c1OCOC2. The van der Waals surface area contributed by atoms with E-state index in [0.717, 1.165) is 5.69 Å². The lowest BCUT2D eigenvalue weighted by Crippen LogP contribution is -2.27. The van der Waals surface area contributed by atoms with Gasteiger partial charge in [-0.3, -0.25) is 9.36 Å². The van der Waals surface area contributed by atoms with E-state index < -0.39 is 0 Å². The third-order valence-corrected chi connectivity index (χ3v) is 5.58. The number of amides is 1. The Kier molecular flexibility index (Phi) is 6.51. The van der Waals surface area contributed by atoms with E-state index in [1.807, 2.05) is 12.1 Å². The fourth-order valence-corrected chi connectivity index (χ4v) is 4.03. The molecule has 2 aromatic carbocycles. The minimum absolute atomic E-state index is 0.141. The van der Waals surface area contributed by atoms with Crippen LogP contribution in [0.2, 0.25) is 5.02 Å². The highest BCUT2D eigenvalue weighted by molar-refractivity contribution is 7.99. The second kappa shape index (κ2) is 9.46. The number of nitrogens with zero attached hydrogens (tertiary/aromatic N) is 3. The van der Waals surface area contributed by atoms with Crippen LogP contribution in [0.15, 0.2) is 47.9 Å². The summed E-state index contributed by atoms with van der Waals surface area (Å²) in [6.07, 6.45) is 2.03. The van der Waals surface area contributed by atoms with Crippen molar-refractivity contribution in [2.24, 2.45) is 0 Å². The highest BCUT2D eigenvalue weighted by Gasteiger charge is 2.17. The van der Waals surface area contributed by atoms with Crippen molar-refractivity contribution >= 4 is 29.3 Å². The lowest BCUT2D eigenvalue weighted by molar-refractivity contribution is -0.118. The smallest absolute Gasteiger partial charge is 0.230 e. The van der Waals surface area contributed by atoms with Gasteiger partial charge in [0.2, 0.25) is 5.91 Å². The van der Waals surface area contributed by atoms with Crippen LogP contribution >= 0.6 is 23.4 Å². The van der Waals surface area contributed by atoms with Crippen LogP contribution < -0.4 is 10.1 Å². The molecule has 10 heteroatoms. The average Bonchev–Trinajstić information content (AvgIpc) is 3.21. The fraction of sp³-hybridized carbons (Fsp3) is 0.250. The van der Waals surface area contributed by atoms with E-state index >= 15 is 0 Å². The summed E-state index contributed by atoms with van der Waals surface area (Å²) in [5.41, 5.74) is 2.20. The van der Waals surface area contributed by atoms with Crippen LogP contribution in [0, 0.1) is 5.82 Å². The maximum Gasteiger partial charge on any atom is 0.230 e. The first-order chi connectivity index (χ1) is 14.6. The first kappa shape index (κ1) is 20.6. The molecule has 7 nitrogen and oxygen atoms in total. The predicted molar refractivity (Wildman–Crippen MR) is 110 cm³/mol. The normalized spacial score (nSPS) is 12.9. The van der Waals surface area contributed by atoms with Crippen molar-refractivity contribution in [3.8, 4) is 11.4 Å². The van der Waals surface area contributed by atoms with E-state index in [9.17, 15) is 9.18 Å². The van der Waals surface area contributed by atoms with Crippen molar-refractivity contribution in [1.82, 2.24) is 20.1 Å². The molecule has 1 amide bonds. The molecule has 0 saturated heterocycles. The van der Waals surface area contributed by atoms with Gasteiger partial charge in [-0.05, 0) is 42.3 Å². The maximum atomic E-state index is 13.8. The number of hydrogen-bond donors (Lipinski definition) is 1. The van der Waals surface area contributed by atoms with Crippen LogP contribution in [0.1, 0.15) is 11.1 Å². The molecule has 0 unspecified atom stereocenters. The minimum atomic E-state index is -0.347. The Hall–Kier alpha value is -2.62. The van der Waals surface area contributed by atoms with Gasteiger partial charge < -0.3 is 14.8 Å². The molecule has 30 heavy (non-hydrogen) atoms. The third kappa shape index (κ3) is 4.92. The number of thioether (sulfide) groups is 1. The van der Waals surface area contributed by atoms with Crippen LogP contribution in [-0.4, -0.2) is 39.8 Å². The number of ether oxygens (including phenoxy) is 2. The van der Waals surface area contributed by atoms with Gasteiger partial charge in [-0.1, -0.05) is 29.4 Å². The molecule has 3 aromatic rings. The maximum absolute atomic E-state index is 13.8. The summed E-state index contributed by atoms with van der Waals surface area (Å²) < 4.78 is 26.2. The van der Waals surface area contributed by atoms with Crippen LogP contribution in [0.3, 0.4) is 0 Å². The number of aromatic nitrogens is 3. The van der Waals surface area contributed by atoms with Crippen molar-refractivity contribution in [3.05, 3.63) is 64.7 Å². The summed E-state index contributed by atoms with van der Waals surface area (Å²) in [4.78, 5) is 12.3. The van der Waals surface area contributed by atoms with Gasteiger partial charge in [0.1, 0.15) is 17.9 Å². The summed E-state index contributed by atoms with van der Waals surface area (Å²) in [5.74, 6) is 0.307.